The molecule has 3 aromatic rings. The van der Waals surface area contributed by atoms with Gasteiger partial charge in [-0.05, 0) is 42.0 Å². The van der Waals surface area contributed by atoms with Crippen LogP contribution < -0.4 is 9.47 Å². The smallest absolute Gasteiger partial charge is 0.311 e. The Labute approximate surface area is 273 Å². The van der Waals surface area contributed by atoms with Gasteiger partial charge in [0.1, 0.15) is 5.75 Å². The van der Waals surface area contributed by atoms with Crippen LogP contribution in [0.5, 0.6) is 11.5 Å². The topological polar surface area (TPSA) is 61.3 Å². The second-order valence-electron chi connectivity index (χ2n) is 12.7. The molecule has 0 saturated carbocycles. The maximum absolute atomic E-state index is 12.3. The number of nitrogens with zero attached hydrogens (tertiary/aromatic N) is 2. The number of esters is 1. The molecule has 1 heterocycles. The standard InChI is InChI=1S/C40H58N2O3/c1-4-6-8-10-11-12-13-14-15-17-30-44-38-31-41-40(42-32-38)36-24-22-34(23-25-36)35-26-28-37(29-27-35)45-39(43)21-18-20-33(3)19-16-9-7-5-2/h22-29,31-33H,4-21,30H2,1-3H3. The highest BCUT2D eigenvalue weighted by Gasteiger charge is 2.09. The Morgan fingerprint density at radius 1 is 0.600 bits per heavy atom. The van der Waals surface area contributed by atoms with Crippen molar-refractivity contribution in [2.45, 2.75) is 136 Å². The van der Waals surface area contributed by atoms with Crippen LogP contribution in [0, 0.1) is 5.92 Å². The van der Waals surface area contributed by atoms with Gasteiger partial charge in [-0.25, -0.2) is 9.97 Å². The highest BCUT2D eigenvalue weighted by molar-refractivity contribution is 5.73. The molecule has 0 aliphatic rings. The van der Waals surface area contributed by atoms with Crippen molar-refractivity contribution in [2.24, 2.45) is 5.92 Å². The SMILES string of the molecule is CCCCCCCCCCCCOc1cnc(-c2ccc(-c3ccc(OC(=O)CCCC(C)CCCCCC)cc3)cc2)nc1. The Kier molecular flexibility index (Phi) is 18.0. The number of benzene rings is 2. The Balaban J connectivity index is 1.33. The zero-order chi connectivity index (χ0) is 32.0. The molecule has 1 unspecified atom stereocenters. The third-order valence-electron chi connectivity index (χ3n) is 8.59. The molecule has 0 fully saturated rings. The van der Waals surface area contributed by atoms with Crippen LogP contribution in [0.4, 0.5) is 0 Å². The molecule has 5 heteroatoms. The molecule has 0 radical (unpaired) electrons. The number of carbonyl (C=O) groups excluding carboxylic acids is 1. The summed E-state index contributed by atoms with van der Waals surface area (Å²) in [5.41, 5.74) is 3.11. The normalized spacial score (nSPS) is 11.8. The number of hydrogen-bond donors (Lipinski definition) is 0. The van der Waals surface area contributed by atoms with Gasteiger partial charge in [-0.2, -0.15) is 0 Å². The van der Waals surface area contributed by atoms with Crippen LogP contribution in [0.2, 0.25) is 0 Å². The molecule has 2 aromatic carbocycles. The van der Waals surface area contributed by atoms with Gasteiger partial charge >= 0.3 is 5.97 Å². The molecular formula is C40H58N2O3. The molecule has 5 nitrogen and oxygen atoms in total. The highest BCUT2D eigenvalue weighted by Crippen LogP contribution is 2.26. The third kappa shape index (κ3) is 15.1. The van der Waals surface area contributed by atoms with Crippen molar-refractivity contribution >= 4 is 5.97 Å². The summed E-state index contributed by atoms with van der Waals surface area (Å²) in [6.07, 6.45) is 25.6. The van der Waals surface area contributed by atoms with E-state index in [0.717, 1.165) is 41.7 Å². The zero-order valence-electron chi connectivity index (χ0n) is 28.4. The minimum Gasteiger partial charge on any atom is -0.490 e. The Morgan fingerprint density at radius 2 is 1.09 bits per heavy atom. The maximum atomic E-state index is 12.3. The number of hydrogen-bond acceptors (Lipinski definition) is 5. The van der Waals surface area contributed by atoms with Crippen molar-refractivity contribution in [3.63, 3.8) is 0 Å². The molecule has 0 aliphatic heterocycles. The first-order valence-electron chi connectivity index (χ1n) is 18.0. The van der Waals surface area contributed by atoms with Crippen molar-refractivity contribution in [2.75, 3.05) is 6.61 Å². The van der Waals surface area contributed by atoms with E-state index in [1.165, 1.54) is 89.9 Å². The first-order chi connectivity index (χ1) is 22.1. The van der Waals surface area contributed by atoms with Crippen molar-refractivity contribution in [1.29, 1.82) is 0 Å². The number of unbranched alkanes of at least 4 members (excludes halogenated alkanes) is 12. The van der Waals surface area contributed by atoms with E-state index in [0.29, 0.717) is 30.5 Å². The molecule has 0 N–H and O–H groups in total. The van der Waals surface area contributed by atoms with Crippen molar-refractivity contribution in [3.8, 4) is 34.0 Å². The Hall–Kier alpha value is -3.21. The van der Waals surface area contributed by atoms with Gasteiger partial charge in [0.05, 0.1) is 19.0 Å². The average Bonchev–Trinajstić information content (AvgIpc) is 3.06. The van der Waals surface area contributed by atoms with Gasteiger partial charge in [-0.1, -0.05) is 153 Å². The fourth-order valence-electron chi connectivity index (χ4n) is 5.69. The summed E-state index contributed by atoms with van der Waals surface area (Å²) in [4.78, 5) is 21.4. The summed E-state index contributed by atoms with van der Waals surface area (Å²) in [7, 11) is 0. The highest BCUT2D eigenvalue weighted by atomic mass is 16.5. The van der Waals surface area contributed by atoms with Crippen molar-refractivity contribution < 1.29 is 14.3 Å². The van der Waals surface area contributed by atoms with Gasteiger partial charge in [-0.15, -0.1) is 0 Å². The summed E-state index contributed by atoms with van der Waals surface area (Å²) < 4.78 is 11.5. The van der Waals surface area contributed by atoms with Crippen LogP contribution in [-0.4, -0.2) is 22.5 Å². The zero-order valence-corrected chi connectivity index (χ0v) is 28.4. The lowest BCUT2D eigenvalue weighted by Crippen LogP contribution is -2.08. The van der Waals surface area contributed by atoms with Gasteiger partial charge < -0.3 is 9.47 Å². The van der Waals surface area contributed by atoms with E-state index in [1.54, 1.807) is 12.4 Å². The molecule has 1 atom stereocenters. The van der Waals surface area contributed by atoms with E-state index >= 15 is 0 Å². The Morgan fingerprint density at radius 3 is 1.69 bits per heavy atom. The number of carbonyl (C=O) groups is 1. The van der Waals surface area contributed by atoms with Crippen LogP contribution in [0.15, 0.2) is 60.9 Å². The monoisotopic (exact) mass is 614 g/mol. The van der Waals surface area contributed by atoms with Gasteiger partial charge in [0.25, 0.3) is 0 Å². The molecule has 0 bridgehead atoms. The molecular weight excluding hydrogens is 556 g/mol. The van der Waals surface area contributed by atoms with Crippen LogP contribution >= 0.6 is 0 Å². The summed E-state index contributed by atoms with van der Waals surface area (Å²) in [6, 6.07) is 15.9. The van der Waals surface area contributed by atoms with E-state index in [2.05, 4.69) is 42.9 Å². The lowest BCUT2D eigenvalue weighted by Gasteiger charge is -2.11. The molecule has 0 saturated heterocycles. The molecule has 3 rings (SSSR count). The van der Waals surface area contributed by atoms with E-state index in [4.69, 9.17) is 9.47 Å². The van der Waals surface area contributed by atoms with Crippen molar-refractivity contribution in [1.82, 2.24) is 9.97 Å². The van der Waals surface area contributed by atoms with Crippen LogP contribution in [0.1, 0.15) is 136 Å². The van der Waals surface area contributed by atoms with E-state index in [-0.39, 0.29) is 5.97 Å². The summed E-state index contributed by atoms with van der Waals surface area (Å²) >= 11 is 0. The number of ether oxygens (including phenoxy) is 2. The van der Waals surface area contributed by atoms with E-state index < -0.39 is 0 Å². The lowest BCUT2D eigenvalue weighted by molar-refractivity contribution is -0.134. The number of aromatic nitrogens is 2. The quantitative estimate of drug-likeness (QED) is 0.0570. The first-order valence-corrected chi connectivity index (χ1v) is 18.0. The number of rotatable bonds is 24. The fourth-order valence-corrected chi connectivity index (χ4v) is 5.69. The van der Waals surface area contributed by atoms with Gasteiger partial charge in [0.15, 0.2) is 11.6 Å². The molecule has 0 spiro atoms. The van der Waals surface area contributed by atoms with Gasteiger partial charge in [-0.3, -0.25) is 4.79 Å². The second kappa shape index (κ2) is 22.3. The molecule has 0 amide bonds. The Bertz CT molecular complexity index is 1180. The average molecular weight is 615 g/mol. The summed E-state index contributed by atoms with van der Waals surface area (Å²) in [5, 5.41) is 0. The summed E-state index contributed by atoms with van der Waals surface area (Å²) in [5.74, 6) is 2.52. The predicted molar refractivity (Wildman–Crippen MR) is 188 cm³/mol. The fraction of sp³-hybridized carbons (Fsp3) is 0.575. The second-order valence-corrected chi connectivity index (χ2v) is 12.7. The molecule has 246 valence electrons. The van der Waals surface area contributed by atoms with E-state index in [1.807, 2.05) is 36.4 Å². The molecule has 1 aromatic heterocycles. The first kappa shape index (κ1) is 36.3. The van der Waals surface area contributed by atoms with Crippen molar-refractivity contribution in [3.05, 3.63) is 60.9 Å². The molecule has 45 heavy (non-hydrogen) atoms. The largest absolute Gasteiger partial charge is 0.490 e. The predicted octanol–water partition coefficient (Wildman–Crippen LogP) is 11.8. The van der Waals surface area contributed by atoms with Gasteiger partial charge in [0.2, 0.25) is 0 Å². The van der Waals surface area contributed by atoms with Crippen LogP contribution in [0.3, 0.4) is 0 Å². The minimum absolute atomic E-state index is 0.152. The van der Waals surface area contributed by atoms with Crippen LogP contribution in [-0.2, 0) is 4.79 Å². The van der Waals surface area contributed by atoms with E-state index in [9.17, 15) is 4.79 Å². The minimum atomic E-state index is -0.152. The lowest BCUT2D eigenvalue weighted by atomic mass is 9.97. The van der Waals surface area contributed by atoms with Gasteiger partial charge in [0, 0.05) is 12.0 Å². The molecule has 0 aliphatic carbocycles. The maximum Gasteiger partial charge on any atom is 0.311 e. The summed E-state index contributed by atoms with van der Waals surface area (Å²) in [6.45, 7) is 7.52. The third-order valence-corrected chi connectivity index (χ3v) is 8.59. The van der Waals surface area contributed by atoms with Crippen LogP contribution in [0.25, 0.3) is 22.5 Å².